The van der Waals surface area contributed by atoms with Gasteiger partial charge in [-0.3, -0.25) is 0 Å². The molecule has 0 spiro atoms. The normalized spacial score (nSPS) is 19.1. The predicted octanol–water partition coefficient (Wildman–Crippen LogP) is 1.17. The summed E-state index contributed by atoms with van der Waals surface area (Å²) in [5.41, 5.74) is 0.442. The largest absolute Gasteiger partial charge is 0.353 e. The van der Waals surface area contributed by atoms with Gasteiger partial charge in [0, 0.05) is 13.2 Å². The molecule has 6 heteroatoms. The van der Waals surface area contributed by atoms with E-state index in [1.54, 1.807) is 4.57 Å². The molecule has 0 amide bonds. The molecule has 1 saturated heterocycles. The summed E-state index contributed by atoms with van der Waals surface area (Å²) in [6, 6.07) is 3.86. The van der Waals surface area contributed by atoms with Gasteiger partial charge in [-0.1, -0.05) is 0 Å². The molecule has 2 rings (SSSR count). The van der Waals surface area contributed by atoms with Crippen LogP contribution in [0.25, 0.3) is 0 Å². The second-order valence-corrected chi connectivity index (χ2v) is 4.03. The average Bonchev–Trinajstić information content (AvgIpc) is 2.82. The van der Waals surface area contributed by atoms with Crippen molar-refractivity contribution in [3.05, 3.63) is 17.7 Å². The Morgan fingerprint density at radius 3 is 3.00 bits per heavy atom. The van der Waals surface area contributed by atoms with Crippen LogP contribution < -0.4 is 0 Å². The van der Waals surface area contributed by atoms with Gasteiger partial charge in [0.05, 0.1) is 12.9 Å². The Morgan fingerprint density at radius 2 is 2.33 bits per heavy atom. The SMILES string of the molecule is N#Cc1ncn(CCO[C@H]2CCCCO2)c1C#N. The van der Waals surface area contributed by atoms with Crippen molar-refractivity contribution in [2.45, 2.75) is 32.1 Å². The first-order valence-corrected chi connectivity index (χ1v) is 5.93. The zero-order chi connectivity index (χ0) is 12.8. The molecule has 94 valence electrons. The van der Waals surface area contributed by atoms with E-state index in [0.29, 0.717) is 13.2 Å². The summed E-state index contributed by atoms with van der Waals surface area (Å²) in [5.74, 6) is 0. The number of aromatic nitrogens is 2. The molecular formula is C12H14N4O2. The van der Waals surface area contributed by atoms with Gasteiger partial charge in [-0.05, 0) is 19.3 Å². The van der Waals surface area contributed by atoms with Crippen LogP contribution in [-0.2, 0) is 16.0 Å². The molecule has 0 saturated carbocycles. The van der Waals surface area contributed by atoms with Crippen LogP contribution in [0.15, 0.2) is 6.33 Å². The van der Waals surface area contributed by atoms with E-state index in [4.69, 9.17) is 20.0 Å². The summed E-state index contributed by atoms with van der Waals surface area (Å²) in [7, 11) is 0. The number of hydrogen-bond acceptors (Lipinski definition) is 5. The van der Waals surface area contributed by atoms with E-state index in [9.17, 15) is 0 Å². The van der Waals surface area contributed by atoms with Crippen LogP contribution in [0.2, 0.25) is 0 Å². The predicted molar refractivity (Wildman–Crippen MR) is 61.2 cm³/mol. The lowest BCUT2D eigenvalue weighted by Crippen LogP contribution is -2.24. The molecule has 1 fully saturated rings. The lowest BCUT2D eigenvalue weighted by molar-refractivity contribution is -0.163. The van der Waals surface area contributed by atoms with Gasteiger partial charge in [-0.25, -0.2) is 4.98 Å². The highest BCUT2D eigenvalue weighted by Gasteiger charge is 2.14. The maximum absolute atomic E-state index is 8.94. The van der Waals surface area contributed by atoms with Crippen molar-refractivity contribution >= 4 is 0 Å². The van der Waals surface area contributed by atoms with Crippen molar-refractivity contribution in [3.63, 3.8) is 0 Å². The molecule has 0 aromatic carbocycles. The van der Waals surface area contributed by atoms with Crippen molar-refractivity contribution in [2.75, 3.05) is 13.2 Å². The van der Waals surface area contributed by atoms with Crippen LogP contribution in [0.4, 0.5) is 0 Å². The Hall–Kier alpha value is -1.89. The number of ether oxygens (including phenoxy) is 2. The standard InChI is InChI=1S/C12H14N4O2/c13-7-10-11(8-14)16(9-15-10)4-6-18-12-3-1-2-5-17-12/h9,12H,1-6H2/t12-/m0/s1. The van der Waals surface area contributed by atoms with E-state index in [1.807, 2.05) is 12.1 Å². The zero-order valence-electron chi connectivity index (χ0n) is 10.0. The summed E-state index contributed by atoms with van der Waals surface area (Å²) >= 11 is 0. The fourth-order valence-electron chi connectivity index (χ4n) is 1.88. The molecule has 1 aromatic heterocycles. The van der Waals surface area contributed by atoms with Gasteiger partial charge in [0.15, 0.2) is 17.7 Å². The quantitative estimate of drug-likeness (QED) is 0.796. The number of hydrogen-bond donors (Lipinski definition) is 0. The van der Waals surface area contributed by atoms with E-state index >= 15 is 0 Å². The highest BCUT2D eigenvalue weighted by Crippen LogP contribution is 2.13. The molecule has 1 aliphatic rings. The first kappa shape index (κ1) is 12.6. The van der Waals surface area contributed by atoms with Crippen LogP contribution in [0.3, 0.4) is 0 Å². The van der Waals surface area contributed by atoms with Crippen molar-refractivity contribution in [3.8, 4) is 12.1 Å². The first-order valence-electron chi connectivity index (χ1n) is 5.93. The van der Waals surface area contributed by atoms with Crippen molar-refractivity contribution in [1.29, 1.82) is 10.5 Å². The van der Waals surface area contributed by atoms with Crippen LogP contribution in [0, 0.1) is 22.7 Å². The minimum absolute atomic E-state index is 0.136. The third kappa shape index (κ3) is 2.86. The number of nitriles is 2. The topological polar surface area (TPSA) is 83.9 Å². The Kier molecular flexibility index (Phi) is 4.30. The molecule has 18 heavy (non-hydrogen) atoms. The van der Waals surface area contributed by atoms with E-state index in [2.05, 4.69) is 4.98 Å². The maximum atomic E-state index is 8.94. The minimum atomic E-state index is -0.136. The molecule has 1 atom stereocenters. The van der Waals surface area contributed by atoms with E-state index in [1.165, 1.54) is 6.33 Å². The van der Waals surface area contributed by atoms with Crippen LogP contribution in [-0.4, -0.2) is 29.1 Å². The number of nitrogens with zero attached hydrogens (tertiary/aromatic N) is 4. The fraction of sp³-hybridized carbons (Fsp3) is 0.583. The lowest BCUT2D eigenvalue weighted by atomic mass is 10.2. The molecule has 0 unspecified atom stereocenters. The smallest absolute Gasteiger partial charge is 0.176 e. The highest BCUT2D eigenvalue weighted by molar-refractivity contribution is 5.35. The summed E-state index contributed by atoms with van der Waals surface area (Å²) in [4.78, 5) is 3.86. The maximum Gasteiger partial charge on any atom is 0.176 e. The van der Waals surface area contributed by atoms with Crippen molar-refractivity contribution in [2.24, 2.45) is 0 Å². The zero-order valence-corrected chi connectivity index (χ0v) is 10.0. The van der Waals surface area contributed by atoms with Crippen molar-refractivity contribution < 1.29 is 9.47 Å². The number of imidazole rings is 1. The van der Waals surface area contributed by atoms with Gasteiger partial charge < -0.3 is 14.0 Å². The van der Waals surface area contributed by atoms with Gasteiger partial charge >= 0.3 is 0 Å². The molecular weight excluding hydrogens is 232 g/mol. The monoisotopic (exact) mass is 246 g/mol. The van der Waals surface area contributed by atoms with Gasteiger partial charge in [0.1, 0.15) is 12.1 Å². The molecule has 6 nitrogen and oxygen atoms in total. The highest BCUT2D eigenvalue weighted by atomic mass is 16.7. The molecule has 1 aromatic rings. The Labute approximate surface area is 105 Å². The lowest BCUT2D eigenvalue weighted by Gasteiger charge is -2.22. The Bertz CT molecular complexity index is 477. The van der Waals surface area contributed by atoms with E-state index < -0.39 is 0 Å². The Balaban J connectivity index is 1.85. The molecule has 0 bridgehead atoms. The van der Waals surface area contributed by atoms with Crippen LogP contribution in [0.5, 0.6) is 0 Å². The first-order chi connectivity index (χ1) is 8.85. The number of rotatable bonds is 4. The summed E-state index contributed by atoms with van der Waals surface area (Å²) in [6.45, 7) is 1.69. The second kappa shape index (κ2) is 6.15. The van der Waals surface area contributed by atoms with E-state index in [-0.39, 0.29) is 17.7 Å². The molecule has 0 aliphatic carbocycles. The minimum Gasteiger partial charge on any atom is -0.353 e. The fourth-order valence-corrected chi connectivity index (χ4v) is 1.88. The van der Waals surface area contributed by atoms with Crippen molar-refractivity contribution in [1.82, 2.24) is 9.55 Å². The van der Waals surface area contributed by atoms with E-state index in [0.717, 1.165) is 25.9 Å². The van der Waals surface area contributed by atoms with Gasteiger partial charge in [0.25, 0.3) is 0 Å². The summed E-state index contributed by atoms with van der Waals surface area (Å²) in [5, 5.41) is 17.7. The van der Waals surface area contributed by atoms with Crippen LogP contribution in [0.1, 0.15) is 30.7 Å². The second-order valence-electron chi connectivity index (χ2n) is 4.03. The summed E-state index contributed by atoms with van der Waals surface area (Å²) < 4.78 is 12.6. The summed E-state index contributed by atoms with van der Waals surface area (Å²) in [6.07, 6.45) is 4.48. The third-order valence-corrected chi connectivity index (χ3v) is 2.82. The van der Waals surface area contributed by atoms with Gasteiger partial charge in [-0.2, -0.15) is 10.5 Å². The van der Waals surface area contributed by atoms with Gasteiger partial charge in [-0.15, -0.1) is 0 Å². The van der Waals surface area contributed by atoms with Crippen LogP contribution >= 0.6 is 0 Å². The molecule has 1 aliphatic heterocycles. The third-order valence-electron chi connectivity index (χ3n) is 2.82. The Morgan fingerprint density at radius 1 is 1.44 bits per heavy atom. The molecule has 2 heterocycles. The van der Waals surface area contributed by atoms with Gasteiger partial charge in [0.2, 0.25) is 0 Å². The molecule has 0 N–H and O–H groups in total. The molecule has 0 radical (unpaired) electrons. The average molecular weight is 246 g/mol.